The molecular formula is C17H20F2IN3O. The number of hydrogen-bond acceptors (Lipinski definition) is 2. The third kappa shape index (κ3) is 5.95. The van der Waals surface area contributed by atoms with Crippen LogP contribution in [-0.2, 0) is 13.1 Å². The normalized spacial score (nSPS) is 10.8. The molecule has 0 saturated heterocycles. The fourth-order valence-electron chi connectivity index (χ4n) is 2.01. The molecule has 0 saturated carbocycles. The summed E-state index contributed by atoms with van der Waals surface area (Å²) >= 11 is 0. The van der Waals surface area contributed by atoms with Gasteiger partial charge in [0.05, 0.1) is 7.11 Å². The highest BCUT2D eigenvalue weighted by atomic mass is 127. The number of nitrogens with zero attached hydrogens (tertiary/aromatic N) is 1. The Bertz CT molecular complexity index is 678. The number of methoxy groups -OCH3 is 1. The maximum absolute atomic E-state index is 13.6. The average molecular weight is 447 g/mol. The quantitative estimate of drug-likeness (QED) is 0.420. The maximum Gasteiger partial charge on any atom is 0.191 e. The van der Waals surface area contributed by atoms with Crippen molar-refractivity contribution in [3.05, 3.63) is 65.2 Å². The summed E-state index contributed by atoms with van der Waals surface area (Å²) in [5.41, 5.74) is 1.29. The number of nitrogens with one attached hydrogen (secondary N) is 2. The van der Waals surface area contributed by atoms with Crippen molar-refractivity contribution >= 4 is 29.9 Å². The molecule has 0 radical (unpaired) electrons. The van der Waals surface area contributed by atoms with E-state index in [1.807, 2.05) is 24.3 Å². The van der Waals surface area contributed by atoms with E-state index in [0.29, 0.717) is 12.5 Å². The van der Waals surface area contributed by atoms with Gasteiger partial charge in [-0.2, -0.15) is 0 Å². The largest absolute Gasteiger partial charge is 0.497 e. The lowest BCUT2D eigenvalue weighted by atomic mass is 10.2. The average Bonchev–Trinajstić information content (AvgIpc) is 2.58. The molecule has 0 spiro atoms. The van der Waals surface area contributed by atoms with E-state index < -0.39 is 11.6 Å². The lowest BCUT2D eigenvalue weighted by Gasteiger charge is -2.12. The van der Waals surface area contributed by atoms with E-state index in [-0.39, 0.29) is 36.1 Å². The molecule has 2 N–H and O–H groups in total. The number of rotatable bonds is 5. The zero-order chi connectivity index (χ0) is 16.7. The fraction of sp³-hybridized carbons (Fsp3) is 0.235. The van der Waals surface area contributed by atoms with Gasteiger partial charge in [0, 0.05) is 25.7 Å². The highest BCUT2D eigenvalue weighted by Crippen LogP contribution is 2.11. The van der Waals surface area contributed by atoms with Gasteiger partial charge in [-0.25, -0.2) is 8.78 Å². The summed E-state index contributed by atoms with van der Waals surface area (Å²) in [5.74, 6) is 0.371. The molecule has 0 aliphatic heterocycles. The summed E-state index contributed by atoms with van der Waals surface area (Å²) in [6.45, 7) is 0.696. The molecule has 24 heavy (non-hydrogen) atoms. The van der Waals surface area contributed by atoms with Crippen LogP contribution in [0.25, 0.3) is 0 Å². The van der Waals surface area contributed by atoms with E-state index in [9.17, 15) is 8.78 Å². The van der Waals surface area contributed by atoms with Gasteiger partial charge >= 0.3 is 0 Å². The Morgan fingerprint density at radius 2 is 1.71 bits per heavy atom. The van der Waals surface area contributed by atoms with Crippen LogP contribution < -0.4 is 15.4 Å². The monoisotopic (exact) mass is 447 g/mol. The summed E-state index contributed by atoms with van der Waals surface area (Å²) in [6, 6.07) is 11.0. The summed E-state index contributed by atoms with van der Waals surface area (Å²) in [6.07, 6.45) is 0. The van der Waals surface area contributed by atoms with Gasteiger partial charge in [-0.05, 0) is 35.9 Å². The van der Waals surface area contributed by atoms with Gasteiger partial charge in [-0.1, -0.05) is 12.1 Å². The zero-order valence-corrected chi connectivity index (χ0v) is 15.8. The van der Waals surface area contributed by atoms with E-state index in [0.717, 1.165) is 23.4 Å². The van der Waals surface area contributed by atoms with Gasteiger partial charge in [0.25, 0.3) is 0 Å². The molecule has 0 fully saturated rings. The predicted octanol–water partition coefficient (Wildman–Crippen LogP) is 3.46. The van der Waals surface area contributed by atoms with Crippen LogP contribution in [0, 0.1) is 11.6 Å². The predicted molar refractivity (Wildman–Crippen MR) is 102 cm³/mol. The van der Waals surface area contributed by atoms with Crippen LogP contribution in [-0.4, -0.2) is 20.1 Å². The minimum absolute atomic E-state index is 0. The van der Waals surface area contributed by atoms with Gasteiger partial charge in [0.1, 0.15) is 17.4 Å². The Morgan fingerprint density at radius 1 is 1.04 bits per heavy atom. The van der Waals surface area contributed by atoms with Crippen molar-refractivity contribution in [2.75, 3.05) is 14.2 Å². The Labute approximate surface area is 157 Å². The van der Waals surface area contributed by atoms with E-state index in [2.05, 4.69) is 15.6 Å². The Kier molecular flexibility index (Phi) is 8.45. The molecule has 2 aromatic carbocycles. The first-order chi connectivity index (χ1) is 11.1. The standard InChI is InChI=1S/C17H19F2N3O.HI/c1-20-17(21-10-12-3-6-15(23-2)7-4-12)22-11-13-9-14(18)5-8-16(13)19;/h3-9H,10-11H2,1-2H3,(H2,20,21,22);1H. The first-order valence-corrected chi connectivity index (χ1v) is 7.13. The first kappa shape index (κ1) is 20.1. The van der Waals surface area contributed by atoms with Gasteiger partial charge in [-0.3, -0.25) is 4.99 Å². The van der Waals surface area contributed by atoms with Crippen molar-refractivity contribution in [3.63, 3.8) is 0 Å². The maximum atomic E-state index is 13.6. The summed E-state index contributed by atoms with van der Waals surface area (Å²) in [4.78, 5) is 4.06. The lowest BCUT2D eigenvalue weighted by Crippen LogP contribution is -2.36. The zero-order valence-electron chi connectivity index (χ0n) is 13.5. The molecule has 0 bridgehead atoms. The topological polar surface area (TPSA) is 45.7 Å². The minimum Gasteiger partial charge on any atom is -0.497 e. The van der Waals surface area contributed by atoms with Gasteiger partial charge in [0.2, 0.25) is 0 Å². The van der Waals surface area contributed by atoms with Crippen molar-refractivity contribution in [2.24, 2.45) is 4.99 Å². The highest BCUT2D eigenvalue weighted by Gasteiger charge is 2.05. The second-order valence-corrected chi connectivity index (χ2v) is 4.86. The number of guanidine groups is 1. The van der Waals surface area contributed by atoms with E-state index in [4.69, 9.17) is 4.74 Å². The van der Waals surface area contributed by atoms with Gasteiger partial charge in [0.15, 0.2) is 5.96 Å². The molecule has 2 rings (SSSR count). The van der Waals surface area contributed by atoms with E-state index >= 15 is 0 Å². The number of aliphatic imine (C=N–C) groups is 1. The van der Waals surface area contributed by atoms with Crippen LogP contribution in [0.1, 0.15) is 11.1 Å². The molecule has 7 heteroatoms. The lowest BCUT2D eigenvalue weighted by molar-refractivity contribution is 0.414. The van der Waals surface area contributed by atoms with Crippen LogP contribution >= 0.6 is 24.0 Å². The van der Waals surface area contributed by atoms with Crippen LogP contribution in [0.5, 0.6) is 5.75 Å². The number of benzene rings is 2. The minimum atomic E-state index is -0.468. The molecule has 130 valence electrons. The summed E-state index contributed by atoms with van der Waals surface area (Å²) < 4.78 is 31.8. The molecule has 0 aromatic heterocycles. The van der Waals surface area contributed by atoms with Crippen LogP contribution in [0.3, 0.4) is 0 Å². The molecule has 4 nitrogen and oxygen atoms in total. The molecule has 0 heterocycles. The van der Waals surface area contributed by atoms with E-state index in [1.54, 1.807) is 14.2 Å². The molecular weight excluding hydrogens is 427 g/mol. The molecule has 2 aromatic rings. The summed E-state index contributed by atoms with van der Waals surface area (Å²) in [7, 11) is 3.23. The number of ether oxygens (including phenoxy) is 1. The van der Waals surface area contributed by atoms with Crippen molar-refractivity contribution < 1.29 is 13.5 Å². The Hall–Kier alpha value is -1.90. The van der Waals surface area contributed by atoms with Crippen molar-refractivity contribution in [2.45, 2.75) is 13.1 Å². The molecule has 0 atom stereocenters. The molecule has 0 aliphatic carbocycles. The molecule has 0 amide bonds. The van der Waals surface area contributed by atoms with Crippen molar-refractivity contribution in [3.8, 4) is 5.75 Å². The van der Waals surface area contributed by atoms with Crippen LogP contribution in [0.2, 0.25) is 0 Å². The third-order valence-corrected chi connectivity index (χ3v) is 3.30. The van der Waals surface area contributed by atoms with Crippen LogP contribution in [0.4, 0.5) is 8.78 Å². The van der Waals surface area contributed by atoms with Crippen molar-refractivity contribution in [1.82, 2.24) is 10.6 Å². The van der Waals surface area contributed by atoms with Crippen LogP contribution in [0.15, 0.2) is 47.5 Å². The number of hydrogen-bond donors (Lipinski definition) is 2. The van der Waals surface area contributed by atoms with E-state index in [1.165, 1.54) is 6.07 Å². The summed E-state index contributed by atoms with van der Waals surface area (Å²) in [5, 5.41) is 6.06. The molecule has 0 unspecified atom stereocenters. The smallest absolute Gasteiger partial charge is 0.191 e. The SMILES string of the molecule is CN=C(NCc1ccc(OC)cc1)NCc1cc(F)ccc1F.I. The molecule has 0 aliphatic rings. The Balaban J connectivity index is 0.00000288. The second-order valence-electron chi connectivity index (χ2n) is 4.86. The first-order valence-electron chi connectivity index (χ1n) is 7.13. The number of halogens is 3. The second kappa shape index (κ2) is 10.1. The van der Waals surface area contributed by atoms with Gasteiger partial charge < -0.3 is 15.4 Å². The fourth-order valence-corrected chi connectivity index (χ4v) is 2.01. The Morgan fingerprint density at radius 3 is 2.33 bits per heavy atom. The van der Waals surface area contributed by atoms with Crippen molar-refractivity contribution in [1.29, 1.82) is 0 Å². The highest BCUT2D eigenvalue weighted by molar-refractivity contribution is 14.0. The third-order valence-electron chi connectivity index (χ3n) is 3.30. The van der Waals surface area contributed by atoms with Gasteiger partial charge in [-0.15, -0.1) is 24.0 Å².